The third-order valence-corrected chi connectivity index (χ3v) is 4.82. The molecule has 2 N–H and O–H groups in total. The summed E-state index contributed by atoms with van der Waals surface area (Å²) in [6, 6.07) is 15.3. The highest BCUT2D eigenvalue weighted by Crippen LogP contribution is 2.32. The third-order valence-electron chi connectivity index (χ3n) is 4.82. The number of imide groups is 1. The molecule has 0 aromatic heterocycles. The zero-order chi connectivity index (χ0) is 17.9. The number of hydrogen-bond donors (Lipinski definition) is 1. The minimum Gasteiger partial charge on any atom is -0.454 e. The maximum absolute atomic E-state index is 12.6. The smallest absolute Gasteiger partial charge is 0.287 e. The first kappa shape index (κ1) is 16.6. The van der Waals surface area contributed by atoms with Crippen molar-refractivity contribution in [3.8, 4) is 11.5 Å². The maximum atomic E-state index is 12.6. The largest absolute Gasteiger partial charge is 0.454 e. The van der Waals surface area contributed by atoms with Gasteiger partial charge in [0, 0.05) is 12.1 Å². The molecule has 134 valence electrons. The Hall–Kier alpha value is -2.86. The number of carbonyl (C=O) groups excluding carboxylic acids is 2. The topological polar surface area (TPSA) is 72.5 Å². The van der Waals surface area contributed by atoms with Crippen molar-refractivity contribution in [1.82, 2.24) is 4.90 Å². The average Bonchev–Trinajstić information content (AvgIpc) is 3.23. The fraction of sp³-hybridized carbons (Fsp3) is 0.300. The highest BCUT2D eigenvalue weighted by molar-refractivity contribution is 6.04. The van der Waals surface area contributed by atoms with Crippen molar-refractivity contribution in [2.75, 3.05) is 13.3 Å². The molecule has 1 atom stereocenters. The van der Waals surface area contributed by atoms with Crippen LogP contribution in [0.2, 0.25) is 0 Å². The van der Waals surface area contributed by atoms with Gasteiger partial charge in [0.25, 0.3) is 5.91 Å². The molecule has 6 heteroatoms. The lowest BCUT2D eigenvalue weighted by Crippen LogP contribution is -2.90. The molecule has 2 aliphatic heterocycles. The lowest BCUT2D eigenvalue weighted by molar-refractivity contribution is -0.690. The summed E-state index contributed by atoms with van der Waals surface area (Å²) in [5, 5.41) is 1.93. The number of quaternary nitrogens is 1. The van der Waals surface area contributed by atoms with E-state index in [1.54, 1.807) is 0 Å². The predicted octanol–water partition coefficient (Wildman–Crippen LogP) is 0.849. The first-order chi connectivity index (χ1) is 12.7. The van der Waals surface area contributed by atoms with Crippen LogP contribution in [0, 0.1) is 0 Å². The van der Waals surface area contributed by atoms with E-state index < -0.39 is 0 Å². The van der Waals surface area contributed by atoms with Gasteiger partial charge in [0.15, 0.2) is 17.5 Å². The number of carbonyl (C=O) groups is 2. The van der Waals surface area contributed by atoms with Crippen LogP contribution in [0.25, 0.3) is 0 Å². The standard InChI is InChI=1S/C20H20N2O4/c23-19-11-16(20(24)22(19)9-8-14-4-2-1-3-5-14)21-12-15-6-7-17-18(10-15)26-13-25-17/h1-7,10,16,21H,8-9,11-13H2/p+1/t16-/m1/s1. The molecule has 0 bridgehead atoms. The van der Waals surface area contributed by atoms with Crippen LogP contribution in [-0.2, 0) is 22.6 Å². The first-order valence-electron chi connectivity index (χ1n) is 8.81. The van der Waals surface area contributed by atoms with Crippen LogP contribution in [-0.4, -0.2) is 36.1 Å². The Morgan fingerprint density at radius 1 is 1.00 bits per heavy atom. The molecule has 0 spiro atoms. The Labute approximate surface area is 151 Å². The summed E-state index contributed by atoms with van der Waals surface area (Å²) in [7, 11) is 0. The summed E-state index contributed by atoms with van der Waals surface area (Å²) in [6.45, 7) is 1.30. The van der Waals surface area contributed by atoms with Gasteiger partial charge in [0.2, 0.25) is 12.7 Å². The Kier molecular flexibility index (Phi) is 4.58. The normalized spacial score (nSPS) is 18.6. The Morgan fingerprint density at radius 2 is 1.81 bits per heavy atom. The van der Waals surface area contributed by atoms with E-state index in [9.17, 15) is 9.59 Å². The maximum Gasteiger partial charge on any atom is 0.287 e. The molecule has 2 aliphatic rings. The van der Waals surface area contributed by atoms with E-state index in [1.165, 1.54) is 4.90 Å². The zero-order valence-corrected chi connectivity index (χ0v) is 14.4. The van der Waals surface area contributed by atoms with Gasteiger partial charge in [-0.25, -0.2) is 0 Å². The number of fused-ring (bicyclic) bond motifs is 1. The van der Waals surface area contributed by atoms with Crippen LogP contribution in [0.15, 0.2) is 48.5 Å². The van der Waals surface area contributed by atoms with E-state index in [2.05, 4.69) is 0 Å². The van der Waals surface area contributed by atoms with Crippen LogP contribution in [0.1, 0.15) is 17.5 Å². The van der Waals surface area contributed by atoms with Gasteiger partial charge in [0.1, 0.15) is 6.54 Å². The van der Waals surface area contributed by atoms with Gasteiger partial charge in [-0.2, -0.15) is 0 Å². The van der Waals surface area contributed by atoms with E-state index in [1.807, 2.05) is 53.8 Å². The van der Waals surface area contributed by atoms with Gasteiger partial charge in [-0.3, -0.25) is 14.5 Å². The summed E-state index contributed by atoms with van der Waals surface area (Å²) in [4.78, 5) is 26.2. The molecule has 6 nitrogen and oxygen atoms in total. The summed E-state index contributed by atoms with van der Waals surface area (Å²) in [5.41, 5.74) is 2.16. The number of nitrogens with two attached hydrogens (primary N) is 1. The fourth-order valence-electron chi connectivity index (χ4n) is 3.36. The molecule has 2 amide bonds. The molecule has 0 saturated carbocycles. The molecule has 1 fully saturated rings. The Morgan fingerprint density at radius 3 is 2.65 bits per heavy atom. The van der Waals surface area contributed by atoms with Crippen molar-refractivity contribution in [3.05, 3.63) is 59.7 Å². The quantitative estimate of drug-likeness (QED) is 0.782. The molecular formula is C20H21N2O4+. The van der Waals surface area contributed by atoms with Crippen molar-refractivity contribution in [2.45, 2.75) is 25.4 Å². The second-order valence-electron chi connectivity index (χ2n) is 6.56. The molecule has 26 heavy (non-hydrogen) atoms. The molecule has 0 aliphatic carbocycles. The van der Waals surface area contributed by atoms with Gasteiger partial charge in [-0.05, 0) is 30.2 Å². The molecule has 0 radical (unpaired) electrons. The lowest BCUT2D eigenvalue weighted by Gasteiger charge is -2.14. The van der Waals surface area contributed by atoms with Crippen molar-refractivity contribution in [3.63, 3.8) is 0 Å². The second-order valence-corrected chi connectivity index (χ2v) is 6.56. The highest BCUT2D eigenvalue weighted by atomic mass is 16.7. The first-order valence-corrected chi connectivity index (χ1v) is 8.81. The summed E-state index contributed by atoms with van der Waals surface area (Å²) >= 11 is 0. The molecule has 1 saturated heterocycles. The van der Waals surface area contributed by atoms with Crippen molar-refractivity contribution < 1.29 is 24.4 Å². The number of likely N-dealkylation sites (tertiary alicyclic amines) is 1. The van der Waals surface area contributed by atoms with Crippen LogP contribution in [0.4, 0.5) is 0 Å². The van der Waals surface area contributed by atoms with Crippen LogP contribution in [0.3, 0.4) is 0 Å². The van der Waals surface area contributed by atoms with Gasteiger partial charge < -0.3 is 14.8 Å². The number of hydrogen-bond acceptors (Lipinski definition) is 4. The van der Waals surface area contributed by atoms with Crippen molar-refractivity contribution >= 4 is 11.8 Å². The molecule has 2 aromatic carbocycles. The van der Waals surface area contributed by atoms with E-state index >= 15 is 0 Å². The van der Waals surface area contributed by atoms with Crippen molar-refractivity contribution in [1.29, 1.82) is 0 Å². The Balaban J connectivity index is 1.33. The van der Waals surface area contributed by atoms with Gasteiger partial charge >= 0.3 is 0 Å². The van der Waals surface area contributed by atoms with Gasteiger partial charge in [0.05, 0.1) is 6.42 Å². The summed E-state index contributed by atoms with van der Waals surface area (Å²) in [6.07, 6.45) is 0.950. The molecule has 2 heterocycles. The second kappa shape index (κ2) is 7.17. The SMILES string of the molecule is O=C1C[C@@H]([NH2+]Cc2ccc3c(c2)OCO3)C(=O)N1CCc1ccccc1. The van der Waals surface area contributed by atoms with Gasteiger partial charge in [-0.15, -0.1) is 0 Å². The number of ether oxygens (including phenoxy) is 2. The number of rotatable bonds is 6. The molecular weight excluding hydrogens is 332 g/mol. The van der Waals surface area contributed by atoms with Crippen LogP contribution >= 0.6 is 0 Å². The van der Waals surface area contributed by atoms with E-state index in [0.29, 0.717) is 19.5 Å². The van der Waals surface area contributed by atoms with E-state index in [4.69, 9.17) is 9.47 Å². The molecule has 2 aromatic rings. The Bertz CT molecular complexity index is 822. The minimum atomic E-state index is -0.344. The lowest BCUT2D eigenvalue weighted by atomic mass is 10.1. The molecule has 4 rings (SSSR count). The van der Waals surface area contributed by atoms with E-state index in [0.717, 1.165) is 22.6 Å². The summed E-state index contributed by atoms with van der Waals surface area (Å²) in [5.74, 6) is 1.30. The summed E-state index contributed by atoms with van der Waals surface area (Å²) < 4.78 is 10.7. The number of amides is 2. The minimum absolute atomic E-state index is 0.0853. The zero-order valence-electron chi connectivity index (χ0n) is 14.4. The monoisotopic (exact) mass is 353 g/mol. The highest BCUT2D eigenvalue weighted by Gasteiger charge is 2.40. The van der Waals surface area contributed by atoms with E-state index in [-0.39, 0.29) is 31.1 Å². The van der Waals surface area contributed by atoms with Crippen LogP contribution in [0.5, 0.6) is 11.5 Å². The van der Waals surface area contributed by atoms with Crippen molar-refractivity contribution in [2.24, 2.45) is 0 Å². The number of nitrogens with zero attached hydrogens (tertiary/aromatic N) is 1. The predicted molar refractivity (Wildman–Crippen MR) is 93.5 cm³/mol. The third kappa shape index (κ3) is 3.41. The van der Waals surface area contributed by atoms with Crippen LogP contribution < -0.4 is 14.8 Å². The fourth-order valence-corrected chi connectivity index (χ4v) is 3.36. The van der Waals surface area contributed by atoms with Gasteiger partial charge in [-0.1, -0.05) is 30.3 Å². The average molecular weight is 353 g/mol. The molecule has 0 unspecified atom stereocenters. The number of benzene rings is 2.